The molecule has 1 aliphatic heterocycles. The quantitative estimate of drug-likeness (QED) is 0.572. The van der Waals surface area contributed by atoms with Crippen molar-refractivity contribution in [2.45, 2.75) is 44.7 Å². The maximum absolute atomic E-state index is 13.3. The first-order chi connectivity index (χ1) is 15.8. The molecule has 0 radical (unpaired) electrons. The number of benzene rings is 2. The average Bonchev–Trinajstić information content (AvgIpc) is 2.81. The molecule has 180 valence electrons. The van der Waals surface area contributed by atoms with Crippen LogP contribution in [0.1, 0.15) is 43.4 Å². The Morgan fingerprint density at radius 2 is 1.73 bits per heavy atom. The van der Waals surface area contributed by atoms with E-state index in [1.165, 1.54) is 6.07 Å². The Labute approximate surface area is 192 Å². The fraction of sp³-hybridized carbons (Fsp3) is 0.480. The number of carbonyl (C=O) groups excluding carboxylic acids is 1. The second-order valence-corrected chi connectivity index (χ2v) is 7.93. The minimum absolute atomic E-state index is 0.277. The van der Waals surface area contributed by atoms with Crippen molar-refractivity contribution in [3.63, 3.8) is 0 Å². The third-order valence-electron chi connectivity index (χ3n) is 5.83. The molecule has 0 saturated carbocycles. The first kappa shape index (κ1) is 24.9. The molecule has 1 aliphatic rings. The summed E-state index contributed by atoms with van der Waals surface area (Å²) in [4.78, 5) is 13.3. The number of alkyl halides is 3. The van der Waals surface area contributed by atoms with Crippen LogP contribution in [0.5, 0.6) is 11.5 Å². The van der Waals surface area contributed by atoms with E-state index in [0.717, 1.165) is 17.7 Å². The molecule has 0 aromatic heterocycles. The first-order valence-corrected chi connectivity index (χ1v) is 11.2. The van der Waals surface area contributed by atoms with Gasteiger partial charge in [-0.3, -0.25) is 4.79 Å². The van der Waals surface area contributed by atoms with Gasteiger partial charge >= 0.3 is 6.18 Å². The van der Waals surface area contributed by atoms with Crippen LogP contribution in [0.3, 0.4) is 0 Å². The summed E-state index contributed by atoms with van der Waals surface area (Å²) >= 11 is 0. The standard InChI is InChI=1S/C25H30F3NO4/c1-3-32-21-9-8-18(16-22(21)33-4-2)10-13-29-23(30)24(11-14-31-15-12-24)19-6-5-7-20(17-19)25(26,27)28/h5-9,16-17H,3-4,10-15H2,1-2H3,(H,29,30). The van der Waals surface area contributed by atoms with Crippen LogP contribution < -0.4 is 14.8 Å². The molecule has 0 spiro atoms. The molecule has 1 amide bonds. The highest BCUT2D eigenvalue weighted by Gasteiger charge is 2.43. The van der Waals surface area contributed by atoms with Crippen molar-refractivity contribution < 1.29 is 32.2 Å². The lowest BCUT2D eigenvalue weighted by Gasteiger charge is -2.36. The minimum atomic E-state index is -4.47. The van der Waals surface area contributed by atoms with Gasteiger partial charge in [-0.25, -0.2) is 0 Å². The zero-order valence-electron chi connectivity index (χ0n) is 19.0. The minimum Gasteiger partial charge on any atom is -0.490 e. The number of ether oxygens (including phenoxy) is 3. The normalized spacial score (nSPS) is 15.7. The maximum Gasteiger partial charge on any atom is 0.416 e. The molecule has 1 fully saturated rings. The van der Waals surface area contributed by atoms with Gasteiger partial charge < -0.3 is 19.5 Å². The Hall–Kier alpha value is -2.74. The molecule has 33 heavy (non-hydrogen) atoms. The van der Waals surface area contributed by atoms with Crippen molar-refractivity contribution >= 4 is 5.91 Å². The van der Waals surface area contributed by atoms with E-state index < -0.39 is 17.2 Å². The number of nitrogens with one attached hydrogen (secondary N) is 1. The van der Waals surface area contributed by atoms with Crippen molar-refractivity contribution in [1.29, 1.82) is 0 Å². The van der Waals surface area contributed by atoms with Crippen LogP contribution in [0.25, 0.3) is 0 Å². The van der Waals surface area contributed by atoms with E-state index in [1.807, 2.05) is 32.0 Å². The van der Waals surface area contributed by atoms with Crippen LogP contribution in [0, 0.1) is 0 Å². The van der Waals surface area contributed by atoms with Crippen LogP contribution in [-0.4, -0.2) is 38.9 Å². The van der Waals surface area contributed by atoms with Gasteiger partial charge in [0.1, 0.15) is 0 Å². The summed E-state index contributed by atoms with van der Waals surface area (Å²) in [5.74, 6) is 1.03. The predicted octanol–water partition coefficient (Wildman–Crippen LogP) is 4.91. The highest BCUT2D eigenvalue weighted by molar-refractivity contribution is 5.88. The molecule has 0 unspecified atom stereocenters. The summed E-state index contributed by atoms with van der Waals surface area (Å²) in [5, 5.41) is 2.94. The number of hydrogen-bond donors (Lipinski definition) is 1. The fourth-order valence-electron chi connectivity index (χ4n) is 4.10. The van der Waals surface area contributed by atoms with Gasteiger partial charge in [0.05, 0.1) is 24.2 Å². The summed E-state index contributed by atoms with van der Waals surface area (Å²) in [6.07, 6.45) is -3.26. The second-order valence-electron chi connectivity index (χ2n) is 7.93. The Kier molecular flexibility index (Phi) is 8.24. The van der Waals surface area contributed by atoms with E-state index >= 15 is 0 Å². The largest absolute Gasteiger partial charge is 0.490 e. The third kappa shape index (κ3) is 5.99. The molecule has 3 rings (SSSR count). The number of halogens is 3. The summed E-state index contributed by atoms with van der Waals surface area (Å²) in [6, 6.07) is 10.7. The van der Waals surface area contributed by atoms with Gasteiger partial charge in [0.25, 0.3) is 0 Å². The first-order valence-electron chi connectivity index (χ1n) is 11.2. The molecule has 0 atom stereocenters. The topological polar surface area (TPSA) is 56.8 Å². The van der Waals surface area contributed by atoms with Crippen molar-refractivity contribution in [3.05, 3.63) is 59.2 Å². The molecule has 1 N–H and O–H groups in total. The van der Waals surface area contributed by atoms with Gasteiger partial charge in [-0.15, -0.1) is 0 Å². The van der Waals surface area contributed by atoms with Crippen molar-refractivity contribution in [1.82, 2.24) is 5.32 Å². The van der Waals surface area contributed by atoms with Crippen LogP contribution >= 0.6 is 0 Å². The summed E-state index contributed by atoms with van der Waals surface area (Å²) in [5.41, 5.74) is -0.467. The Morgan fingerprint density at radius 1 is 1.03 bits per heavy atom. The van der Waals surface area contributed by atoms with E-state index in [4.69, 9.17) is 14.2 Å². The Bertz CT molecular complexity index is 939. The second kappa shape index (κ2) is 10.9. The fourth-order valence-corrected chi connectivity index (χ4v) is 4.10. The molecule has 8 heteroatoms. The number of carbonyl (C=O) groups is 1. The molecular weight excluding hydrogens is 435 g/mol. The SMILES string of the molecule is CCOc1ccc(CCNC(=O)C2(c3cccc(C(F)(F)F)c3)CCOCC2)cc1OCC. The highest BCUT2D eigenvalue weighted by atomic mass is 19.4. The molecule has 2 aromatic carbocycles. The van der Waals surface area contributed by atoms with E-state index in [2.05, 4.69) is 5.32 Å². The van der Waals surface area contributed by atoms with Crippen LogP contribution in [-0.2, 0) is 27.5 Å². The van der Waals surface area contributed by atoms with Gasteiger partial charge in [0.15, 0.2) is 11.5 Å². The van der Waals surface area contributed by atoms with Crippen LogP contribution in [0.4, 0.5) is 13.2 Å². The molecular formula is C25H30F3NO4. The van der Waals surface area contributed by atoms with E-state index in [-0.39, 0.29) is 5.91 Å². The van der Waals surface area contributed by atoms with Crippen molar-refractivity contribution in [2.24, 2.45) is 0 Å². The van der Waals surface area contributed by atoms with Gasteiger partial charge in [-0.2, -0.15) is 13.2 Å². The summed E-state index contributed by atoms with van der Waals surface area (Å²) in [7, 11) is 0. The van der Waals surface area contributed by atoms with Gasteiger partial charge in [-0.1, -0.05) is 24.3 Å². The monoisotopic (exact) mass is 465 g/mol. The van der Waals surface area contributed by atoms with E-state index in [0.29, 0.717) is 69.3 Å². The molecule has 5 nitrogen and oxygen atoms in total. The zero-order chi connectivity index (χ0) is 23.9. The zero-order valence-corrected chi connectivity index (χ0v) is 19.0. The van der Waals surface area contributed by atoms with E-state index in [9.17, 15) is 18.0 Å². The Morgan fingerprint density at radius 3 is 2.39 bits per heavy atom. The number of rotatable bonds is 9. The van der Waals surface area contributed by atoms with Gasteiger partial charge in [-0.05, 0) is 62.4 Å². The van der Waals surface area contributed by atoms with Crippen molar-refractivity contribution in [3.8, 4) is 11.5 Å². The molecule has 0 aliphatic carbocycles. The molecule has 2 aromatic rings. The molecule has 0 bridgehead atoms. The van der Waals surface area contributed by atoms with E-state index in [1.54, 1.807) is 6.07 Å². The Balaban J connectivity index is 1.74. The lowest BCUT2D eigenvalue weighted by atomic mass is 9.73. The summed E-state index contributed by atoms with van der Waals surface area (Å²) < 4.78 is 56.4. The smallest absolute Gasteiger partial charge is 0.416 e. The third-order valence-corrected chi connectivity index (χ3v) is 5.83. The summed E-state index contributed by atoms with van der Waals surface area (Å²) in [6.45, 7) is 5.80. The molecule has 1 heterocycles. The maximum atomic E-state index is 13.3. The van der Waals surface area contributed by atoms with Crippen LogP contribution in [0.15, 0.2) is 42.5 Å². The lowest BCUT2D eigenvalue weighted by molar-refractivity contribution is -0.138. The van der Waals surface area contributed by atoms with Gasteiger partial charge in [0.2, 0.25) is 5.91 Å². The lowest BCUT2D eigenvalue weighted by Crippen LogP contribution is -2.48. The average molecular weight is 466 g/mol. The van der Waals surface area contributed by atoms with Crippen LogP contribution in [0.2, 0.25) is 0 Å². The highest BCUT2D eigenvalue weighted by Crippen LogP contribution is 2.38. The van der Waals surface area contributed by atoms with Gasteiger partial charge in [0, 0.05) is 19.8 Å². The number of hydrogen-bond acceptors (Lipinski definition) is 4. The number of amides is 1. The van der Waals surface area contributed by atoms with Crippen molar-refractivity contribution in [2.75, 3.05) is 33.0 Å². The predicted molar refractivity (Wildman–Crippen MR) is 119 cm³/mol. The molecule has 1 saturated heterocycles.